The van der Waals surface area contributed by atoms with E-state index in [2.05, 4.69) is 22.6 Å². The van der Waals surface area contributed by atoms with Crippen molar-refractivity contribution in [2.75, 3.05) is 0 Å². The lowest BCUT2D eigenvalue weighted by Crippen LogP contribution is -2.42. The molecule has 0 unspecified atom stereocenters. The minimum Gasteiger partial charge on any atom is -0.458 e. The van der Waals surface area contributed by atoms with Crippen molar-refractivity contribution in [2.24, 2.45) is 0 Å². The van der Waals surface area contributed by atoms with Crippen LogP contribution in [0.3, 0.4) is 0 Å². The number of halogens is 1. The summed E-state index contributed by atoms with van der Waals surface area (Å²) in [6, 6.07) is 19.6. The molecule has 1 aliphatic rings. The fourth-order valence-corrected chi connectivity index (χ4v) is 3.65. The molecule has 0 spiro atoms. The molecule has 1 aliphatic heterocycles. The molecule has 0 N–H and O–H groups in total. The van der Waals surface area contributed by atoms with Crippen LogP contribution in [-0.4, -0.2) is 33.1 Å². The lowest BCUT2D eigenvalue weighted by Gasteiger charge is -2.31. The number of hydrogen-bond donors (Lipinski definition) is 0. The summed E-state index contributed by atoms with van der Waals surface area (Å²) >= 11 is 2.09. The number of alkyl halides is 1. The third kappa shape index (κ3) is 5.70. The molecule has 6 heteroatoms. The van der Waals surface area contributed by atoms with Gasteiger partial charge in [0, 0.05) is 13.1 Å². The van der Waals surface area contributed by atoms with E-state index in [1.165, 1.54) is 0 Å². The highest BCUT2D eigenvalue weighted by Gasteiger charge is 2.33. The van der Waals surface area contributed by atoms with E-state index in [9.17, 15) is 9.59 Å². The SMILES string of the molecule is C[C@H](OC(=O)N(Cc1ccccc1)Cc1ccccc1)[C@@H]1CC[C@H](I)C(=O)O1. The first kappa shape index (κ1) is 20.6. The Morgan fingerprint density at radius 2 is 1.61 bits per heavy atom. The second kappa shape index (κ2) is 9.91. The first-order chi connectivity index (χ1) is 13.5. The van der Waals surface area contributed by atoms with Gasteiger partial charge in [-0.25, -0.2) is 4.79 Å². The van der Waals surface area contributed by atoms with E-state index in [1.807, 2.05) is 60.7 Å². The molecule has 0 bridgehead atoms. The summed E-state index contributed by atoms with van der Waals surface area (Å²) in [6.07, 6.45) is 0.148. The number of nitrogens with zero attached hydrogens (tertiary/aromatic N) is 1. The average molecular weight is 493 g/mol. The number of carbonyl (C=O) groups is 2. The van der Waals surface area contributed by atoms with Crippen LogP contribution in [0.5, 0.6) is 0 Å². The number of amides is 1. The Labute approximate surface area is 179 Å². The van der Waals surface area contributed by atoms with E-state index in [0.29, 0.717) is 19.5 Å². The van der Waals surface area contributed by atoms with Gasteiger partial charge < -0.3 is 9.47 Å². The van der Waals surface area contributed by atoms with Gasteiger partial charge in [-0.2, -0.15) is 0 Å². The Morgan fingerprint density at radius 3 is 2.11 bits per heavy atom. The van der Waals surface area contributed by atoms with Gasteiger partial charge in [-0.15, -0.1) is 0 Å². The number of carbonyl (C=O) groups excluding carboxylic acids is 2. The van der Waals surface area contributed by atoms with E-state index in [1.54, 1.807) is 11.8 Å². The maximum absolute atomic E-state index is 12.9. The topological polar surface area (TPSA) is 55.8 Å². The lowest BCUT2D eigenvalue weighted by atomic mass is 10.0. The van der Waals surface area contributed by atoms with Gasteiger partial charge >= 0.3 is 12.1 Å². The van der Waals surface area contributed by atoms with Gasteiger partial charge in [0.25, 0.3) is 0 Å². The number of ether oxygens (including phenoxy) is 2. The molecular weight excluding hydrogens is 469 g/mol. The van der Waals surface area contributed by atoms with Crippen LogP contribution in [0.25, 0.3) is 0 Å². The predicted octanol–water partition coefficient (Wildman–Crippen LogP) is 4.72. The van der Waals surface area contributed by atoms with Gasteiger partial charge in [-0.3, -0.25) is 9.69 Å². The highest BCUT2D eigenvalue weighted by molar-refractivity contribution is 14.1. The quantitative estimate of drug-likeness (QED) is 0.332. The summed E-state index contributed by atoms with van der Waals surface area (Å²) in [5.41, 5.74) is 2.06. The van der Waals surface area contributed by atoms with Crippen LogP contribution in [0.2, 0.25) is 0 Å². The van der Waals surface area contributed by atoms with Crippen LogP contribution in [-0.2, 0) is 27.4 Å². The maximum atomic E-state index is 12.9. The van der Waals surface area contributed by atoms with Crippen LogP contribution in [0.15, 0.2) is 60.7 Å². The summed E-state index contributed by atoms with van der Waals surface area (Å²) < 4.78 is 11.0. The molecule has 3 rings (SSSR count). The fourth-order valence-electron chi connectivity index (χ4n) is 3.14. The molecule has 0 aliphatic carbocycles. The maximum Gasteiger partial charge on any atom is 0.410 e. The Hall–Kier alpha value is -2.09. The molecule has 1 heterocycles. The van der Waals surface area contributed by atoms with Gasteiger partial charge in [-0.05, 0) is 30.9 Å². The van der Waals surface area contributed by atoms with Crippen LogP contribution in [0.1, 0.15) is 30.9 Å². The summed E-state index contributed by atoms with van der Waals surface area (Å²) in [4.78, 5) is 26.4. The molecular formula is C22H24INO4. The minimum absolute atomic E-state index is 0.121. The van der Waals surface area contributed by atoms with Crippen molar-refractivity contribution < 1.29 is 19.1 Å². The largest absolute Gasteiger partial charge is 0.458 e. The molecule has 0 saturated carbocycles. The second-order valence-electron chi connectivity index (χ2n) is 6.94. The normalized spacial score (nSPS) is 20.1. The van der Waals surface area contributed by atoms with Crippen molar-refractivity contribution in [3.05, 3.63) is 71.8 Å². The summed E-state index contributed by atoms with van der Waals surface area (Å²) in [6.45, 7) is 2.68. The van der Waals surface area contributed by atoms with E-state index < -0.39 is 18.3 Å². The van der Waals surface area contributed by atoms with Crippen molar-refractivity contribution in [2.45, 2.75) is 49.0 Å². The number of cyclic esters (lactones) is 1. The second-order valence-corrected chi connectivity index (χ2v) is 8.44. The Kier molecular flexibility index (Phi) is 7.30. The van der Waals surface area contributed by atoms with Crippen molar-refractivity contribution >= 4 is 34.7 Å². The molecule has 28 heavy (non-hydrogen) atoms. The molecule has 5 nitrogen and oxygen atoms in total. The third-order valence-corrected chi connectivity index (χ3v) is 5.86. The first-order valence-electron chi connectivity index (χ1n) is 9.41. The van der Waals surface area contributed by atoms with Crippen molar-refractivity contribution in [1.29, 1.82) is 0 Å². The van der Waals surface area contributed by atoms with Crippen molar-refractivity contribution in [3.63, 3.8) is 0 Å². The van der Waals surface area contributed by atoms with Gasteiger partial charge in [0.15, 0.2) is 0 Å². The summed E-state index contributed by atoms with van der Waals surface area (Å²) in [7, 11) is 0. The molecule has 1 saturated heterocycles. The minimum atomic E-state index is -0.491. The first-order valence-corrected chi connectivity index (χ1v) is 10.7. The van der Waals surface area contributed by atoms with E-state index in [4.69, 9.17) is 9.47 Å². The van der Waals surface area contributed by atoms with Gasteiger partial charge in [-0.1, -0.05) is 83.3 Å². The zero-order chi connectivity index (χ0) is 19.9. The highest BCUT2D eigenvalue weighted by Crippen LogP contribution is 2.24. The zero-order valence-corrected chi connectivity index (χ0v) is 17.9. The van der Waals surface area contributed by atoms with Crippen LogP contribution < -0.4 is 0 Å². The molecule has 0 radical (unpaired) electrons. The predicted molar refractivity (Wildman–Crippen MR) is 115 cm³/mol. The Bertz CT molecular complexity index is 742. The van der Waals surface area contributed by atoms with Crippen molar-refractivity contribution in [1.82, 2.24) is 4.90 Å². The molecule has 1 amide bonds. The number of rotatable bonds is 6. The average Bonchev–Trinajstić information content (AvgIpc) is 2.71. The van der Waals surface area contributed by atoms with Crippen LogP contribution in [0, 0.1) is 0 Å². The highest BCUT2D eigenvalue weighted by atomic mass is 127. The number of hydrogen-bond acceptors (Lipinski definition) is 4. The number of benzene rings is 2. The van der Waals surface area contributed by atoms with Gasteiger partial charge in [0.1, 0.15) is 16.1 Å². The summed E-state index contributed by atoms with van der Waals surface area (Å²) in [5.74, 6) is -0.231. The molecule has 3 atom stereocenters. The van der Waals surface area contributed by atoms with E-state index >= 15 is 0 Å². The van der Waals surface area contributed by atoms with Gasteiger partial charge in [0.2, 0.25) is 0 Å². The Morgan fingerprint density at radius 1 is 1.07 bits per heavy atom. The number of esters is 1. The fraction of sp³-hybridized carbons (Fsp3) is 0.364. The molecule has 148 valence electrons. The van der Waals surface area contributed by atoms with E-state index in [0.717, 1.165) is 17.5 Å². The van der Waals surface area contributed by atoms with Crippen LogP contribution >= 0.6 is 22.6 Å². The molecule has 2 aromatic carbocycles. The third-order valence-electron chi connectivity index (χ3n) is 4.73. The zero-order valence-electron chi connectivity index (χ0n) is 15.8. The monoisotopic (exact) mass is 493 g/mol. The molecule has 1 fully saturated rings. The lowest BCUT2D eigenvalue weighted by molar-refractivity contribution is -0.159. The standard InChI is InChI=1S/C22H24INO4/c1-16(20-13-12-19(23)21(25)28-20)27-22(26)24(14-17-8-4-2-5-9-17)15-18-10-6-3-7-11-18/h2-11,16,19-20H,12-15H2,1H3/t16-,19-,20-/m0/s1. The summed E-state index contributed by atoms with van der Waals surface area (Å²) in [5, 5.41) is 0. The van der Waals surface area contributed by atoms with Gasteiger partial charge in [0.05, 0.1) is 0 Å². The smallest absolute Gasteiger partial charge is 0.410 e. The van der Waals surface area contributed by atoms with Crippen molar-refractivity contribution in [3.8, 4) is 0 Å². The molecule has 0 aromatic heterocycles. The van der Waals surface area contributed by atoms with E-state index in [-0.39, 0.29) is 9.89 Å². The van der Waals surface area contributed by atoms with Crippen LogP contribution in [0.4, 0.5) is 4.79 Å². The molecule has 2 aromatic rings. The Balaban J connectivity index is 1.67.